The van der Waals surface area contributed by atoms with Gasteiger partial charge in [-0.25, -0.2) is 0 Å². The van der Waals surface area contributed by atoms with Crippen LogP contribution in [0.2, 0.25) is 0 Å². The number of ether oxygens (including phenoxy) is 1. The average molecular weight is 794 g/mol. The molecule has 0 rings (SSSR count). The molecule has 0 aromatic rings. The highest BCUT2D eigenvalue weighted by atomic mass is 16.5. The van der Waals surface area contributed by atoms with Crippen LogP contribution in [-0.4, -0.2) is 47.4 Å². The third kappa shape index (κ3) is 42.5. The highest BCUT2D eigenvalue weighted by Gasteiger charge is 2.20. The van der Waals surface area contributed by atoms with Crippen molar-refractivity contribution in [2.75, 3.05) is 13.2 Å². The third-order valence-corrected chi connectivity index (χ3v) is 11.9. The summed E-state index contributed by atoms with van der Waals surface area (Å²) in [5, 5.41) is 23.2. The molecule has 0 fully saturated rings. The summed E-state index contributed by atoms with van der Waals surface area (Å²) in [6, 6.07) is -0.547. The molecule has 2 atom stereocenters. The first-order valence-electron chi connectivity index (χ1n) is 25.3. The Bertz CT molecular complexity index is 791. The Balaban J connectivity index is 3.44. The van der Waals surface area contributed by atoms with Gasteiger partial charge in [-0.2, -0.15) is 0 Å². The standard InChI is InChI=1S/C50H99NO5/c1-3-5-7-9-11-13-15-16-19-23-26-30-34-38-42-48(53)47(46-52)51-49(54)43-39-35-31-27-24-20-17-18-21-25-29-33-37-41-45-56-50(55)44-40-36-32-28-22-14-12-10-8-6-4-2/h47-48,52-53H,3-46H2,1-2H3,(H,51,54). The number of rotatable bonds is 47. The second-order valence-electron chi connectivity index (χ2n) is 17.5. The molecule has 2 unspecified atom stereocenters. The van der Waals surface area contributed by atoms with E-state index in [0.29, 0.717) is 25.9 Å². The number of hydrogen-bond acceptors (Lipinski definition) is 5. The van der Waals surface area contributed by atoms with Gasteiger partial charge in [-0.05, 0) is 25.7 Å². The van der Waals surface area contributed by atoms with Crippen LogP contribution in [0.5, 0.6) is 0 Å². The second kappa shape index (κ2) is 46.5. The Morgan fingerprint density at radius 3 is 1.09 bits per heavy atom. The Morgan fingerprint density at radius 2 is 0.732 bits per heavy atom. The number of esters is 1. The molecule has 6 heteroatoms. The summed E-state index contributed by atoms with van der Waals surface area (Å²) in [5.41, 5.74) is 0. The molecular weight excluding hydrogens is 695 g/mol. The number of hydrogen-bond donors (Lipinski definition) is 3. The van der Waals surface area contributed by atoms with Gasteiger partial charge in [0.1, 0.15) is 0 Å². The Labute approximate surface area is 349 Å². The Kier molecular flexibility index (Phi) is 45.6. The van der Waals surface area contributed by atoms with Crippen molar-refractivity contribution in [3.63, 3.8) is 0 Å². The van der Waals surface area contributed by atoms with Crippen LogP contribution in [0.1, 0.15) is 284 Å². The largest absolute Gasteiger partial charge is 0.466 e. The summed E-state index contributed by atoms with van der Waals surface area (Å²) in [5.74, 6) is -0.0460. The zero-order valence-electron chi connectivity index (χ0n) is 37.9. The normalized spacial score (nSPS) is 12.6. The molecule has 0 aromatic heterocycles. The lowest BCUT2D eigenvalue weighted by Gasteiger charge is -2.22. The fourth-order valence-electron chi connectivity index (χ4n) is 7.99. The van der Waals surface area contributed by atoms with Gasteiger partial charge in [0.15, 0.2) is 0 Å². The van der Waals surface area contributed by atoms with E-state index in [1.165, 1.54) is 199 Å². The van der Waals surface area contributed by atoms with Gasteiger partial charge < -0.3 is 20.3 Å². The minimum atomic E-state index is -0.669. The Morgan fingerprint density at radius 1 is 0.429 bits per heavy atom. The van der Waals surface area contributed by atoms with Crippen molar-refractivity contribution in [1.82, 2.24) is 5.32 Å². The van der Waals surface area contributed by atoms with Gasteiger partial charge in [-0.3, -0.25) is 9.59 Å². The molecule has 0 aliphatic rings. The molecule has 0 heterocycles. The van der Waals surface area contributed by atoms with E-state index in [2.05, 4.69) is 19.2 Å². The third-order valence-electron chi connectivity index (χ3n) is 11.9. The van der Waals surface area contributed by atoms with E-state index in [-0.39, 0.29) is 18.5 Å². The van der Waals surface area contributed by atoms with Gasteiger partial charge in [0.05, 0.1) is 25.4 Å². The van der Waals surface area contributed by atoms with Crippen molar-refractivity contribution in [2.45, 2.75) is 296 Å². The van der Waals surface area contributed by atoms with Crippen LogP contribution < -0.4 is 5.32 Å². The van der Waals surface area contributed by atoms with Crippen LogP contribution in [-0.2, 0) is 14.3 Å². The van der Waals surface area contributed by atoms with E-state index in [0.717, 1.165) is 51.4 Å². The second-order valence-corrected chi connectivity index (χ2v) is 17.5. The molecule has 0 spiro atoms. The first-order chi connectivity index (χ1) is 27.5. The SMILES string of the molecule is CCCCCCCCCCCCCCCCC(O)C(CO)NC(=O)CCCCCCCCCCCCCCCCOC(=O)CCCCCCCCCCCCC. The quantitative estimate of drug-likeness (QED) is 0.0421. The fourth-order valence-corrected chi connectivity index (χ4v) is 7.99. The maximum atomic E-state index is 12.4. The van der Waals surface area contributed by atoms with Crippen LogP contribution in [0.25, 0.3) is 0 Å². The lowest BCUT2D eigenvalue weighted by Crippen LogP contribution is -2.45. The molecule has 0 radical (unpaired) electrons. The smallest absolute Gasteiger partial charge is 0.305 e. The highest BCUT2D eigenvalue weighted by Crippen LogP contribution is 2.17. The van der Waals surface area contributed by atoms with Crippen LogP contribution in [0.3, 0.4) is 0 Å². The molecule has 1 amide bonds. The molecule has 6 nitrogen and oxygen atoms in total. The minimum Gasteiger partial charge on any atom is -0.466 e. The molecule has 0 saturated heterocycles. The van der Waals surface area contributed by atoms with E-state index in [9.17, 15) is 19.8 Å². The number of unbranched alkanes of at least 4 members (excludes halogenated alkanes) is 36. The van der Waals surface area contributed by atoms with Gasteiger partial charge >= 0.3 is 5.97 Å². The van der Waals surface area contributed by atoms with Crippen LogP contribution in [0.15, 0.2) is 0 Å². The predicted molar refractivity (Wildman–Crippen MR) is 241 cm³/mol. The summed E-state index contributed by atoms with van der Waals surface area (Å²) >= 11 is 0. The van der Waals surface area contributed by atoms with Crippen LogP contribution in [0.4, 0.5) is 0 Å². The van der Waals surface area contributed by atoms with Gasteiger partial charge in [-0.15, -0.1) is 0 Å². The van der Waals surface area contributed by atoms with Gasteiger partial charge in [-0.1, -0.05) is 245 Å². The maximum absolute atomic E-state index is 12.4. The molecule has 0 aliphatic carbocycles. The maximum Gasteiger partial charge on any atom is 0.305 e. The van der Waals surface area contributed by atoms with E-state index >= 15 is 0 Å². The molecule has 0 aromatic carbocycles. The summed E-state index contributed by atoms with van der Waals surface area (Å²) in [6.07, 6.45) is 50.6. The Hall–Kier alpha value is -1.14. The highest BCUT2D eigenvalue weighted by molar-refractivity contribution is 5.76. The van der Waals surface area contributed by atoms with E-state index in [1.807, 2.05) is 0 Å². The van der Waals surface area contributed by atoms with E-state index < -0.39 is 12.1 Å². The first kappa shape index (κ1) is 54.9. The zero-order valence-corrected chi connectivity index (χ0v) is 37.9. The van der Waals surface area contributed by atoms with Crippen LogP contribution in [0, 0.1) is 0 Å². The van der Waals surface area contributed by atoms with Crippen molar-refractivity contribution in [3.05, 3.63) is 0 Å². The van der Waals surface area contributed by atoms with Crippen molar-refractivity contribution in [1.29, 1.82) is 0 Å². The number of carbonyl (C=O) groups is 2. The number of amides is 1. The minimum absolute atomic E-state index is 0.00202. The van der Waals surface area contributed by atoms with Gasteiger partial charge in [0, 0.05) is 12.8 Å². The number of nitrogens with one attached hydrogen (secondary N) is 1. The lowest BCUT2D eigenvalue weighted by atomic mass is 10.0. The van der Waals surface area contributed by atoms with Crippen molar-refractivity contribution < 1.29 is 24.5 Å². The van der Waals surface area contributed by atoms with E-state index in [4.69, 9.17) is 4.74 Å². The van der Waals surface area contributed by atoms with Crippen molar-refractivity contribution >= 4 is 11.9 Å². The van der Waals surface area contributed by atoms with E-state index in [1.54, 1.807) is 0 Å². The number of aliphatic hydroxyl groups excluding tert-OH is 2. The molecule has 334 valence electrons. The topological polar surface area (TPSA) is 95.9 Å². The molecule has 56 heavy (non-hydrogen) atoms. The van der Waals surface area contributed by atoms with Crippen LogP contribution >= 0.6 is 0 Å². The monoisotopic (exact) mass is 794 g/mol. The molecule has 0 bridgehead atoms. The molecular formula is C50H99NO5. The number of carbonyl (C=O) groups excluding carboxylic acids is 2. The average Bonchev–Trinajstić information content (AvgIpc) is 3.20. The molecule has 0 aliphatic heterocycles. The summed E-state index contributed by atoms with van der Waals surface area (Å²) < 4.78 is 5.45. The zero-order chi connectivity index (χ0) is 40.8. The summed E-state index contributed by atoms with van der Waals surface area (Å²) in [6.45, 7) is 4.93. The van der Waals surface area contributed by atoms with Gasteiger partial charge in [0.25, 0.3) is 0 Å². The molecule has 3 N–H and O–H groups in total. The number of aliphatic hydroxyl groups is 2. The summed E-state index contributed by atoms with van der Waals surface area (Å²) in [7, 11) is 0. The first-order valence-corrected chi connectivity index (χ1v) is 25.3. The van der Waals surface area contributed by atoms with Crippen molar-refractivity contribution in [3.8, 4) is 0 Å². The fraction of sp³-hybridized carbons (Fsp3) is 0.960. The predicted octanol–water partition coefficient (Wildman–Crippen LogP) is 14.8. The molecule has 0 saturated carbocycles. The van der Waals surface area contributed by atoms with Gasteiger partial charge in [0.2, 0.25) is 5.91 Å². The summed E-state index contributed by atoms with van der Waals surface area (Å²) in [4.78, 5) is 24.4. The van der Waals surface area contributed by atoms with Crippen molar-refractivity contribution in [2.24, 2.45) is 0 Å². The lowest BCUT2D eigenvalue weighted by molar-refractivity contribution is -0.143.